The van der Waals surface area contributed by atoms with Gasteiger partial charge in [-0.25, -0.2) is 0 Å². The maximum absolute atomic E-state index is 13.2. The van der Waals surface area contributed by atoms with E-state index in [1.165, 1.54) is 0 Å². The highest BCUT2D eigenvalue weighted by Gasteiger charge is 2.45. The molecule has 1 saturated heterocycles. The molecule has 2 aliphatic heterocycles. The van der Waals surface area contributed by atoms with Crippen molar-refractivity contribution in [3.63, 3.8) is 0 Å². The Morgan fingerprint density at radius 2 is 1.85 bits per heavy atom. The molecule has 3 heterocycles. The van der Waals surface area contributed by atoms with E-state index in [0.29, 0.717) is 18.5 Å². The standard InChI is InChI=1S/C27H24N2O4/c1-17-15-21-16-20(7-8-22(21)33-17)25(30)23-24(19-9-12-28-13-10-19)29(27(32)26(23)31)14-11-18-5-3-2-4-6-18/h2-10,12-13,16-17,24,30H,11,14-15H2,1H3/t17-,24+/m0/s1. The van der Waals surface area contributed by atoms with Crippen LogP contribution in [-0.2, 0) is 22.4 Å². The van der Waals surface area contributed by atoms with Crippen molar-refractivity contribution in [1.29, 1.82) is 0 Å². The van der Waals surface area contributed by atoms with Crippen molar-refractivity contribution in [3.8, 4) is 5.75 Å². The van der Waals surface area contributed by atoms with E-state index >= 15 is 0 Å². The minimum absolute atomic E-state index is 0.0674. The molecule has 1 amide bonds. The molecule has 166 valence electrons. The van der Waals surface area contributed by atoms with Crippen molar-refractivity contribution >= 4 is 17.4 Å². The van der Waals surface area contributed by atoms with Crippen LogP contribution in [0.25, 0.3) is 5.76 Å². The van der Waals surface area contributed by atoms with Gasteiger partial charge in [-0.2, -0.15) is 0 Å². The summed E-state index contributed by atoms with van der Waals surface area (Å²) in [4.78, 5) is 31.9. The van der Waals surface area contributed by atoms with Crippen molar-refractivity contribution in [2.24, 2.45) is 0 Å². The number of aliphatic hydroxyl groups is 1. The molecule has 0 unspecified atom stereocenters. The Morgan fingerprint density at radius 3 is 2.61 bits per heavy atom. The summed E-state index contributed by atoms with van der Waals surface area (Å²) in [5.41, 5.74) is 3.39. The molecule has 0 spiro atoms. The molecule has 0 bridgehead atoms. The molecule has 1 aromatic heterocycles. The second-order valence-electron chi connectivity index (χ2n) is 8.46. The number of aromatic nitrogens is 1. The fraction of sp³-hybridized carbons (Fsp3) is 0.222. The first-order valence-corrected chi connectivity index (χ1v) is 11.0. The number of ketones is 1. The van der Waals surface area contributed by atoms with E-state index in [1.807, 2.05) is 43.3 Å². The van der Waals surface area contributed by atoms with Crippen molar-refractivity contribution in [1.82, 2.24) is 9.88 Å². The number of nitrogens with zero attached hydrogens (tertiary/aromatic N) is 2. The van der Waals surface area contributed by atoms with Crippen LogP contribution >= 0.6 is 0 Å². The molecule has 0 saturated carbocycles. The Hall–Kier alpha value is -3.93. The lowest BCUT2D eigenvalue weighted by molar-refractivity contribution is -0.139. The van der Waals surface area contributed by atoms with Gasteiger partial charge in [0, 0.05) is 30.9 Å². The van der Waals surface area contributed by atoms with Gasteiger partial charge in [-0.05, 0) is 60.4 Å². The van der Waals surface area contributed by atoms with E-state index in [2.05, 4.69) is 4.98 Å². The van der Waals surface area contributed by atoms with Crippen LogP contribution in [0.5, 0.6) is 5.75 Å². The van der Waals surface area contributed by atoms with Crippen LogP contribution in [0.1, 0.15) is 35.2 Å². The second-order valence-corrected chi connectivity index (χ2v) is 8.46. The van der Waals surface area contributed by atoms with Crippen LogP contribution in [0, 0.1) is 0 Å². The SMILES string of the molecule is C[C@H]1Cc2cc(C(O)=C3C(=O)C(=O)N(CCc4ccccc4)[C@@H]3c3ccncc3)ccc2O1. The van der Waals surface area contributed by atoms with Gasteiger partial charge in [-0.3, -0.25) is 14.6 Å². The fourth-order valence-electron chi connectivity index (χ4n) is 4.62. The van der Waals surface area contributed by atoms with Gasteiger partial charge in [0.1, 0.15) is 17.6 Å². The Labute approximate surface area is 192 Å². The van der Waals surface area contributed by atoms with Gasteiger partial charge < -0.3 is 14.7 Å². The third kappa shape index (κ3) is 3.89. The number of carbonyl (C=O) groups is 2. The van der Waals surface area contributed by atoms with E-state index in [1.54, 1.807) is 41.6 Å². The molecule has 2 atom stereocenters. The highest BCUT2D eigenvalue weighted by molar-refractivity contribution is 6.46. The molecule has 1 fully saturated rings. The minimum Gasteiger partial charge on any atom is -0.507 e. The largest absolute Gasteiger partial charge is 0.507 e. The predicted octanol–water partition coefficient (Wildman–Crippen LogP) is 4.07. The maximum Gasteiger partial charge on any atom is 0.295 e. The summed E-state index contributed by atoms with van der Waals surface area (Å²) in [5.74, 6) is -0.660. The number of hydrogen-bond donors (Lipinski definition) is 1. The number of Topliss-reactive ketones (excluding diaryl/α,β-unsaturated/α-hetero) is 1. The molecule has 0 radical (unpaired) electrons. The number of pyridine rings is 1. The molecule has 2 aliphatic rings. The summed E-state index contributed by atoms with van der Waals surface area (Å²) in [6, 6.07) is 18.1. The Bertz CT molecular complexity index is 1240. The average Bonchev–Trinajstić information content (AvgIpc) is 3.34. The predicted molar refractivity (Wildman–Crippen MR) is 124 cm³/mol. The lowest BCUT2D eigenvalue weighted by atomic mass is 9.95. The number of benzene rings is 2. The van der Waals surface area contributed by atoms with Gasteiger partial charge in [-0.1, -0.05) is 30.3 Å². The molecule has 1 N–H and O–H groups in total. The normalized spacial score (nSPS) is 21.2. The van der Waals surface area contributed by atoms with Crippen molar-refractivity contribution in [3.05, 3.63) is 101 Å². The van der Waals surface area contributed by atoms with Crippen molar-refractivity contribution in [2.45, 2.75) is 31.9 Å². The Balaban J connectivity index is 1.56. The van der Waals surface area contributed by atoms with Gasteiger partial charge in [0.05, 0.1) is 11.6 Å². The monoisotopic (exact) mass is 440 g/mol. The lowest BCUT2D eigenvalue weighted by Gasteiger charge is -2.25. The quantitative estimate of drug-likeness (QED) is 0.368. The number of rotatable bonds is 5. The van der Waals surface area contributed by atoms with E-state index in [4.69, 9.17) is 4.74 Å². The third-order valence-electron chi connectivity index (χ3n) is 6.22. The van der Waals surface area contributed by atoms with Crippen molar-refractivity contribution in [2.75, 3.05) is 6.54 Å². The van der Waals surface area contributed by atoms with Gasteiger partial charge in [0.2, 0.25) is 0 Å². The van der Waals surface area contributed by atoms with Crippen LogP contribution in [0.4, 0.5) is 0 Å². The van der Waals surface area contributed by atoms with E-state index in [9.17, 15) is 14.7 Å². The highest BCUT2D eigenvalue weighted by atomic mass is 16.5. The summed E-state index contributed by atoms with van der Waals surface area (Å²) in [5, 5.41) is 11.3. The third-order valence-corrected chi connectivity index (χ3v) is 6.22. The number of likely N-dealkylation sites (tertiary alicyclic amines) is 1. The maximum atomic E-state index is 13.2. The molecule has 0 aliphatic carbocycles. The van der Waals surface area contributed by atoms with Crippen LogP contribution in [0.15, 0.2) is 78.6 Å². The molecule has 6 heteroatoms. The van der Waals surface area contributed by atoms with Gasteiger partial charge in [0.25, 0.3) is 11.7 Å². The zero-order valence-corrected chi connectivity index (χ0v) is 18.3. The molecule has 33 heavy (non-hydrogen) atoms. The highest BCUT2D eigenvalue weighted by Crippen LogP contribution is 2.40. The lowest BCUT2D eigenvalue weighted by Crippen LogP contribution is -2.31. The molecular weight excluding hydrogens is 416 g/mol. The van der Waals surface area contributed by atoms with Gasteiger partial charge in [0.15, 0.2) is 0 Å². The first-order valence-electron chi connectivity index (χ1n) is 11.0. The summed E-state index contributed by atoms with van der Waals surface area (Å²) in [6.45, 7) is 2.34. The summed E-state index contributed by atoms with van der Waals surface area (Å²) in [7, 11) is 0. The van der Waals surface area contributed by atoms with E-state index in [0.717, 1.165) is 28.9 Å². The molecule has 3 aromatic rings. The molecule has 6 nitrogen and oxygen atoms in total. The smallest absolute Gasteiger partial charge is 0.295 e. The number of aliphatic hydroxyl groups excluding tert-OH is 1. The summed E-state index contributed by atoms with van der Waals surface area (Å²) >= 11 is 0. The van der Waals surface area contributed by atoms with Crippen LogP contribution in [0.2, 0.25) is 0 Å². The van der Waals surface area contributed by atoms with Crippen LogP contribution < -0.4 is 4.74 Å². The zero-order valence-electron chi connectivity index (χ0n) is 18.3. The molecule has 2 aromatic carbocycles. The topological polar surface area (TPSA) is 79.7 Å². The summed E-state index contributed by atoms with van der Waals surface area (Å²) < 4.78 is 5.75. The van der Waals surface area contributed by atoms with Crippen molar-refractivity contribution < 1.29 is 19.4 Å². The first kappa shape index (κ1) is 20.9. The minimum atomic E-state index is -0.680. The number of ether oxygens (including phenoxy) is 1. The number of amides is 1. The number of hydrogen-bond acceptors (Lipinski definition) is 5. The first-order chi connectivity index (χ1) is 16.0. The number of carbonyl (C=O) groups excluding carboxylic acids is 2. The van der Waals surface area contributed by atoms with Crippen LogP contribution in [-0.4, -0.2) is 39.3 Å². The Kier molecular flexibility index (Phi) is 5.42. The fourth-order valence-corrected chi connectivity index (χ4v) is 4.62. The molecule has 5 rings (SSSR count). The van der Waals surface area contributed by atoms with E-state index in [-0.39, 0.29) is 17.4 Å². The second kappa shape index (κ2) is 8.54. The molecular formula is C27H24N2O4. The zero-order chi connectivity index (χ0) is 22.9. The number of fused-ring (bicyclic) bond motifs is 1. The van der Waals surface area contributed by atoms with Gasteiger partial charge in [-0.15, -0.1) is 0 Å². The van der Waals surface area contributed by atoms with Gasteiger partial charge >= 0.3 is 0 Å². The van der Waals surface area contributed by atoms with Crippen LogP contribution in [0.3, 0.4) is 0 Å². The summed E-state index contributed by atoms with van der Waals surface area (Å²) in [6.07, 6.45) is 4.65. The van der Waals surface area contributed by atoms with E-state index < -0.39 is 17.7 Å². The Morgan fingerprint density at radius 1 is 1.09 bits per heavy atom. The average molecular weight is 440 g/mol.